The second-order valence-electron chi connectivity index (χ2n) is 27.6. The minimum atomic E-state index is -1.08. The first-order valence-corrected chi connectivity index (χ1v) is 37.8. The first-order valence-electron chi connectivity index (χ1n) is 33.1. The molecular weight excluding hydrogens is 1230 g/mol. The normalized spacial score (nSPS) is 25.9. The Morgan fingerprint density at radius 1 is 0.750 bits per heavy atom. The van der Waals surface area contributed by atoms with Crippen molar-refractivity contribution in [3.8, 4) is 45.4 Å². The zero-order valence-corrected chi connectivity index (χ0v) is 55.2. The fourth-order valence-corrected chi connectivity index (χ4v) is 23.4. The molecule has 1 spiro atoms. The molecule has 12 heterocycles. The van der Waals surface area contributed by atoms with Gasteiger partial charge in [0.1, 0.15) is 40.1 Å². The molecule has 13 aliphatic rings. The largest absolute Gasteiger partial charge is 0.507 e. The van der Waals surface area contributed by atoms with Gasteiger partial charge in [0.05, 0.1) is 22.5 Å². The van der Waals surface area contributed by atoms with Crippen LogP contribution in [0.4, 0.5) is 0 Å². The average Bonchev–Trinajstić information content (AvgIpc) is 0.726. The van der Waals surface area contributed by atoms with Crippen LogP contribution in [-0.2, 0) is 60.2 Å². The number of phenolic OH excluding ortho intramolecular Hbond substituents is 2. The number of aliphatic hydroxyl groups is 4. The zero-order valence-electron chi connectivity index (χ0n) is 51.9. The van der Waals surface area contributed by atoms with Gasteiger partial charge in [-0.1, -0.05) is 142 Å². The van der Waals surface area contributed by atoms with E-state index < -0.39 is 40.2 Å². The fourth-order valence-electron chi connectivity index (χ4n) is 17.0. The number of nitrogens with one attached hydrogen (secondary N) is 1. The Morgan fingerprint density at radius 2 is 1.54 bits per heavy atom. The van der Waals surface area contributed by atoms with E-state index in [0.717, 1.165) is 74.7 Å². The van der Waals surface area contributed by atoms with Crippen molar-refractivity contribution in [2.45, 2.75) is 156 Å². The van der Waals surface area contributed by atoms with Crippen LogP contribution in [0.2, 0.25) is 0 Å². The van der Waals surface area contributed by atoms with E-state index in [-0.39, 0.29) is 100 Å². The highest BCUT2D eigenvalue weighted by atomic mass is 33.1. The number of Topliss-reactive ketones (excluding diaryl/α,β-unsaturated/α-hetero) is 1. The van der Waals surface area contributed by atoms with Crippen LogP contribution < -0.4 is 15.5 Å². The van der Waals surface area contributed by atoms with Gasteiger partial charge in [0.15, 0.2) is 5.76 Å². The molecule has 11 aliphatic heterocycles. The third-order valence-electron chi connectivity index (χ3n) is 21.2. The standard InChI is InChI=1S/C76H79NO11S4/c1-39(2)23-49-32-54-57-38-90-91-63-30-45(37-77-69(63)48-10-4-9-44(26-48)29-53(57)70(49)83)25-42-7-3-8-43(24-42)28-50(80)27-40-13-15-41(16-14-40)36-76-58-18-17-47-31-46(11-5-20-78)51(19-21-79)52-33-55-65(67(58)64(47)52)56(75(76)86)34-61(59(81)12-6-22-89-92-76)87-74-66(55)60(82)35-62-68(74)71(84)72(85)73(54)88-62/h3-4,7-10,13-18,24,26,32-33,35,39,45-46,51,56,59,61,63,69,75,77-79,81-83,85-86H,5-6,11-12,19-23,25,27-31,34,36-38H2,1-2H3. The summed E-state index contributed by atoms with van der Waals surface area (Å²) in [5.74, 6) is -0.129. The molecule has 2 saturated heterocycles. The van der Waals surface area contributed by atoms with Gasteiger partial charge in [-0.2, -0.15) is 0 Å². The predicted molar refractivity (Wildman–Crippen MR) is 371 cm³/mol. The molecule has 0 radical (unpaired) electrons. The number of benzene rings is 7. The van der Waals surface area contributed by atoms with Crippen molar-refractivity contribution >= 4 is 70.7 Å². The molecule has 0 saturated carbocycles. The van der Waals surface area contributed by atoms with Gasteiger partial charge in [0.2, 0.25) is 11.2 Å². The third kappa shape index (κ3) is 11.1. The highest BCUT2D eigenvalue weighted by Gasteiger charge is 2.54. The monoisotopic (exact) mass is 1310 g/mol. The van der Waals surface area contributed by atoms with Gasteiger partial charge >= 0.3 is 0 Å². The third-order valence-corrected chi connectivity index (χ3v) is 27.1. The number of aromatic hydroxyl groups is 3. The van der Waals surface area contributed by atoms with Crippen LogP contribution >= 0.6 is 43.2 Å². The summed E-state index contributed by atoms with van der Waals surface area (Å²) < 4.78 is 13.3. The van der Waals surface area contributed by atoms with E-state index in [1.54, 1.807) is 43.2 Å². The Morgan fingerprint density at radius 3 is 2.36 bits per heavy atom. The molecule has 8 N–H and O–H groups in total. The molecule has 478 valence electrons. The minimum Gasteiger partial charge on any atom is -0.507 e. The summed E-state index contributed by atoms with van der Waals surface area (Å²) in [5, 5.41) is 92.4. The van der Waals surface area contributed by atoms with Crippen molar-refractivity contribution in [1.82, 2.24) is 5.32 Å². The summed E-state index contributed by atoms with van der Waals surface area (Å²) in [6, 6.07) is 35.2. The Kier molecular flexibility index (Phi) is 17.1. The molecule has 12 nitrogen and oxygen atoms in total. The predicted octanol–water partition coefficient (Wildman–Crippen LogP) is 14.0. The number of fused-ring (bicyclic) bond motifs is 4. The van der Waals surface area contributed by atoms with E-state index in [4.69, 9.17) is 9.15 Å². The summed E-state index contributed by atoms with van der Waals surface area (Å²) in [4.78, 5) is 30.1. The van der Waals surface area contributed by atoms with Gasteiger partial charge in [-0.3, -0.25) is 9.59 Å². The van der Waals surface area contributed by atoms with Crippen LogP contribution in [0.1, 0.15) is 149 Å². The van der Waals surface area contributed by atoms with E-state index in [1.165, 1.54) is 17.2 Å². The Balaban J connectivity index is 0.996. The molecule has 10 atom stereocenters. The summed E-state index contributed by atoms with van der Waals surface area (Å²) in [6.07, 6.45) is 3.92. The molecule has 8 aromatic rings. The lowest BCUT2D eigenvalue weighted by molar-refractivity contribution is -0.117. The summed E-state index contributed by atoms with van der Waals surface area (Å²) in [7, 11) is 6.83. The van der Waals surface area contributed by atoms with E-state index in [1.807, 2.05) is 18.2 Å². The summed E-state index contributed by atoms with van der Waals surface area (Å²) >= 11 is 0. The Bertz CT molecular complexity index is 4280. The molecule has 2 fully saturated rings. The molecule has 7 aromatic carbocycles. The van der Waals surface area contributed by atoms with Crippen LogP contribution in [0, 0.1) is 17.8 Å². The van der Waals surface area contributed by atoms with E-state index in [2.05, 4.69) is 98.0 Å². The van der Waals surface area contributed by atoms with Gasteiger partial charge < -0.3 is 50.2 Å². The van der Waals surface area contributed by atoms with Gasteiger partial charge in [0.25, 0.3) is 0 Å². The molecule has 20 bridgehead atoms. The lowest BCUT2D eigenvalue weighted by atomic mass is 9.62. The van der Waals surface area contributed by atoms with Crippen LogP contribution in [0.5, 0.6) is 23.0 Å². The molecule has 16 heteroatoms. The minimum absolute atomic E-state index is 0.0200. The SMILES string of the molecule is CC(C)Cc1cc2c3c(c1O)Cc1cccc(c1)C1NCC(Cc4cccc(c4)CC(=O)Cc4ccc(cc4)CC45SSCCCC(O)C6CC(c7c(cc8c9c(ccc4c79)CC(CCCO)C8CCO)-c4c(O)cc7oc-2c(O)c(=O)c7c4O6)C5O)CC1SSC3. The highest BCUT2D eigenvalue weighted by molar-refractivity contribution is 8.77. The molecule has 21 rings (SSSR count). The topological polar surface area (TPSA) is 210 Å². The average molecular weight is 1310 g/mol. The van der Waals surface area contributed by atoms with Crippen LogP contribution in [0.15, 0.2) is 112 Å². The van der Waals surface area contributed by atoms with Crippen LogP contribution in [0.25, 0.3) is 44.2 Å². The second-order valence-corrected chi connectivity index (χ2v) is 33.0. The maximum atomic E-state index is 16.0. The maximum Gasteiger partial charge on any atom is 0.238 e. The first-order chi connectivity index (χ1) is 44.7. The van der Waals surface area contributed by atoms with E-state index in [0.29, 0.717) is 109 Å². The maximum absolute atomic E-state index is 16.0. The van der Waals surface area contributed by atoms with Crippen molar-refractivity contribution in [3.05, 3.63) is 186 Å². The fraction of sp³-hybridized carbons (Fsp3) is 0.421. The summed E-state index contributed by atoms with van der Waals surface area (Å²) in [6.45, 7) is 4.91. The molecule has 2 aliphatic carbocycles. The highest BCUT2D eigenvalue weighted by Crippen LogP contribution is 2.64. The van der Waals surface area contributed by atoms with E-state index in [9.17, 15) is 40.5 Å². The van der Waals surface area contributed by atoms with Crippen molar-refractivity contribution in [1.29, 1.82) is 0 Å². The number of hydrogen-bond donors (Lipinski definition) is 8. The lowest BCUT2D eigenvalue weighted by Gasteiger charge is -2.49. The van der Waals surface area contributed by atoms with Gasteiger partial charge in [0, 0.05) is 78.4 Å². The van der Waals surface area contributed by atoms with Gasteiger partial charge in [-0.25, -0.2) is 0 Å². The number of phenols is 2. The lowest BCUT2D eigenvalue weighted by Crippen LogP contribution is -2.48. The number of carbonyl (C=O) groups is 1. The van der Waals surface area contributed by atoms with Gasteiger partial charge in [-0.05, 0) is 196 Å². The van der Waals surface area contributed by atoms with Crippen LogP contribution in [0.3, 0.4) is 0 Å². The Labute approximate surface area is 552 Å². The number of aliphatic hydroxyl groups excluding tert-OH is 4. The van der Waals surface area contributed by atoms with Crippen molar-refractivity contribution in [2.75, 3.05) is 25.5 Å². The van der Waals surface area contributed by atoms with Crippen molar-refractivity contribution in [2.24, 2.45) is 17.8 Å². The number of ketones is 1. The molecular formula is C76H79NO11S4. The van der Waals surface area contributed by atoms with Gasteiger partial charge in [-0.15, -0.1) is 0 Å². The van der Waals surface area contributed by atoms with Crippen molar-refractivity contribution < 1.29 is 49.7 Å². The van der Waals surface area contributed by atoms with E-state index >= 15 is 4.79 Å². The quantitative estimate of drug-likeness (QED) is 0.0698. The van der Waals surface area contributed by atoms with Crippen LogP contribution in [-0.4, -0.2) is 90.6 Å². The Hall–Kier alpha value is -5.92. The molecule has 1 aromatic heterocycles. The smallest absolute Gasteiger partial charge is 0.238 e. The summed E-state index contributed by atoms with van der Waals surface area (Å²) in [5.41, 5.74) is 12.4. The molecule has 0 amide bonds. The zero-order chi connectivity index (χ0) is 63.3. The number of ether oxygens (including phenoxy) is 1. The number of piperidine rings is 1. The second kappa shape index (κ2) is 25.3. The number of rotatable bonds is 7. The first kappa shape index (κ1) is 62.2. The molecule has 92 heavy (non-hydrogen) atoms. The number of carbonyl (C=O) groups excluding carboxylic acids is 1. The molecule has 10 unspecified atom stereocenters. The number of hydrogen-bond acceptors (Lipinski definition) is 16. The van der Waals surface area contributed by atoms with Crippen molar-refractivity contribution in [3.63, 3.8) is 0 Å².